The standard InChI is InChI=1S/C14H14FN3O2/c15-11-5-1-2-6-12(11)18-13-10(4-3-7-16-13)14(20)17-8-9-19/h1-7,19H,8-9H2,(H,16,18)(H,17,20). The number of para-hydroxylation sites is 1. The zero-order valence-electron chi connectivity index (χ0n) is 10.6. The topological polar surface area (TPSA) is 74.2 Å². The van der Waals surface area contributed by atoms with E-state index >= 15 is 0 Å². The second kappa shape index (κ2) is 6.63. The summed E-state index contributed by atoms with van der Waals surface area (Å²) in [6.45, 7) is -0.00502. The van der Waals surface area contributed by atoms with Crippen LogP contribution in [0.25, 0.3) is 0 Å². The average Bonchev–Trinajstić information content (AvgIpc) is 2.48. The van der Waals surface area contributed by atoms with Gasteiger partial charge in [0.25, 0.3) is 5.91 Å². The van der Waals surface area contributed by atoms with Gasteiger partial charge in [0.2, 0.25) is 0 Å². The number of anilines is 2. The van der Waals surface area contributed by atoms with Crippen molar-refractivity contribution in [3.63, 3.8) is 0 Å². The highest BCUT2D eigenvalue weighted by atomic mass is 19.1. The number of pyridine rings is 1. The maximum Gasteiger partial charge on any atom is 0.255 e. The van der Waals surface area contributed by atoms with Crippen LogP contribution < -0.4 is 10.6 Å². The van der Waals surface area contributed by atoms with Crippen molar-refractivity contribution in [3.05, 3.63) is 54.0 Å². The lowest BCUT2D eigenvalue weighted by atomic mass is 10.2. The Kier molecular flexibility index (Phi) is 4.62. The Morgan fingerprint density at radius 2 is 2.05 bits per heavy atom. The normalized spacial score (nSPS) is 10.1. The monoisotopic (exact) mass is 275 g/mol. The molecule has 0 saturated heterocycles. The molecule has 2 aromatic rings. The first-order chi connectivity index (χ1) is 9.72. The van der Waals surface area contributed by atoms with Crippen LogP contribution in [0.1, 0.15) is 10.4 Å². The Morgan fingerprint density at radius 3 is 2.80 bits per heavy atom. The van der Waals surface area contributed by atoms with Gasteiger partial charge >= 0.3 is 0 Å². The number of benzene rings is 1. The summed E-state index contributed by atoms with van der Waals surface area (Å²) in [6, 6.07) is 9.31. The number of hydrogen-bond acceptors (Lipinski definition) is 4. The summed E-state index contributed by atoms with van der Waals surface area (Å²) in [5.41, 5.74) is 0.520. The molecule has 1 aromatic carbocycles. The highest BCUT2D eigenvalue weighted by molar-refractivity contribution is 5.99. The molecule has 20 heavy (non-hydrogen) atoms. The number of carbonyl (C=O) groups is 1. The van der Waals surface area contributed by atoms with Crippen LogP contribution in [0.3, 0.4) is 0 Å². The van der Waals surface area contributed by atoms with Gasteiger partial charge in [-0.05, 0) is 24.3 Å². The number of halogens is 1. The fourth-order valence-electron chi connectivity index (χ4n) is 1.64. The molecule has 0 unspecified atom stereocenters. The smallest absolute Gasteiger partial charge is 0.255 e. The summed E-state index contributed by atoms with van der Waals surface area (Å²) in [5, 5.41) is 14.0. The molecule has 0 atom stereocenters. The van der Waals surface area contributed by atoms with Crippen LogP contribution >= 0.6 is 0 Å². The molecule has 0 bridgehead atoms. The van der Waals surface area contributed by atoms with Crippen molar-refractivity contribution in [2.45, 2.75) is 0 Å². The zero-order chi connectivity index (χ0) is 14.4. The molecule has 3 N–H and O–H groups in total. The summed E-state index contributed by atoms with van der Waals surface area (Å²) in [6.07, 6.45) is 1.51. The van der Waals surface area contributed by atoms with Crippen molar-refractivity contribution in [1.29, 1.82) is 0 Å². The van der Waals surface area contributed by atoms with Crippen molar-refractivity contribution in [2.75, 3.05) is 18.5 Å². The number of aliphatic hydroxyl groups is 1. The molecule has 0 saturated carbocycles. The molecule has 1 heterocycles. The fraction of sp³-hybridized carbons (Fsp3) is 0.143. The third-order valence-corrected chi connectivity index (χ3v) is 2.58. The van der Waals surface area contributed by atoms with Crippen molar-refractivity contribution in [2.24, 2.45) is 0 Å². The van der Waals surface area contributed by atoms with Gasteiger partial charge in [0.05, 0.1) is 17.9 Å². The lowest BCUT2D eigenvalue weighted by Gasteiger charge is -2.11. The van der Waals surface area contributed by atoms with E-state index < -0.39 is 5.82 Å². The summed E-state index contributed by atoms with van der Waals surface area (Å²) in [7, 11) is 0. The van der Waals surface area contributed by atoms with E-state index in [1.807, 2.05) is 0 Å². The third-order valence-electron chi connectivity index (χ3n) is 2.58. The van der Waals surface area contributed by atoms with Gasteiger partial charge in [-0.15, -0.1) is 0 Å². The number of aromatic nitrogens is 1. The van der Waals surface area contributed by atoms with E-state index in [1.165, 1.54) is 12.3 Å². The van der Waals surface area contributed by atoms with Gasteiger partial charge in [-0.2, -0.15) is 0 Å². The van der Waals surface area contributed by atoms with Gasteiger partial charge in [-0.25, -0.2) is 9.37 Å². The summed E-state index contributed by atoms with van der Waals surface area (Å²) in [4.78, 5) is 15.9. The molecule has 6 heteroatoms. The number of rotatable bonds is 5. The minimum absolute atomic E-state index is 0.146. The molecule has 2 rings (SSSR count). The predicted molar refractivity (Wildman–Crippen MR) is 73.3 cm³/mol. The Hall–Kier alpha value is -2.47. The van der Waals surface area contributed by atoms with Gasteiger partial charge in [0.15, 0.2) is 0 Å². The Balaban J connectivity index is 2.24. The van der Waals surface area contributed by atoms with Gasteiger partial charge in [0.1, 0.15) is 11.6 Å². The van der Waals surface area contributed by atoms with Crippen LogP contribution in [-0.4, -0.2) is 29.1 Å². The lowest BCUT2D eigenvalue weighted by molar-refractivity contribution is 0.0945. The van der Waals surface area contributed by atoms with Crippen molar-refractivity contribution >= 4 is 17.4 Å². The van der Waals surface area contributed by atoms with Crippen molar-refractivity contribution in [1.82, 2.24) is 10.3 Å². The van der Waals surface area contributed by atoms with Gasteiger partial charge in [0, 0.05) is 12.7 Å². The minimum Gasteiger partial charge on any atom is -0.395 e. The molecule has 0 aliphatic carbocycles. The maximum absolute atomic E-state index is 13.6. The molecule has 5 nitrogen and oxygen atoms in total. The van der Waals surface area contributed by atoms with E-state index in [-0.39, 0.29) is 36.1 Å². The fourth-order valence-corrected chi connectivity index (χ4v) is 1.64. The highest BCUT2D eigenvalue weighted by Gasteiger charge is 2.12. The Labute approximate surface area is 115 Å². The first-order valence-corrected chi connectivity index (χ1v) is 6.08. The van der Waals surface area contributed by atoms with Gasteiger partial charge < -0.3 is 15.7 Å². The van der Waals surface area contributed by atoms with E-state index in [4.69, 9.17) is 5.11 Å². The average molecular weight is 275 g/mol. The number of nitrogens with zero attached hydrogens (tertiary/aromatic N) is 1. The molecule has 0 radical (unpaired) electrons. The largest absolute Gasteiger partial charge is 0.395 e. The van der Waals surface area contributed by atoms with Gasteiger partial charge in [-0.1, -0.05) is 12.1 Å². The van der Waals surface area contributed by atoms with Crippen LogP contribution in [0.15, 0.2) is 42.6 Å². The Bertz CT molecular complexity index is 604. The van der Waals surface area contributed by atoms with Crippen LogP contribution in [0.4, 0.5) is 15.9 Å². The van der Waals surface area contributed by atoms with Crippen LogP contribution in [0.2, 0.25) is 0 Å². The van der Waals surface area contributed by atoms with E-state index in [0.29, 0.717) is 0 Å². The van der Waals surface area contributed by atoms with Gasteiger partial charge in [-0.3, -0.25) is 4.79 Å². The Morgan fingerprint density at radius 1 is 1.25 bits per heavy atom. The van der Waals surface area contributed by atoms with E-state index in [2.05, 4.69) is 15.6 Å². The van der Waals surface area contributed by atoms with Crippen molar-refractivity contribution < 1.29 is 14.3 Å². The minimum atomic E-state index is -0.431. The molecular formula is C14H14FN3O2. The maximum atomic E-state index is 13.6. The molecule has 0 fully saturated rings. The third kappa shape index (κ3) is 3.30. The lowest BCUT2D eigenvalue weighted by Crippen LogP contribution is -2.27. The quantitative estimate of drug-likeness (QED) is 0.776. The number of nitrogens with one attached hydrogen (secondary N) is 2. The molecule has 0 aliphatic rings. The van der Waals surface area contributed by atoms with Crippen molar-refractivity contribution in [3.8, 4) is 0 Å². The number of hydrogen-bond donors (Lipinski definition) is 3. The SMILES string of the molecule is O=C(NCCO)c1cccnc1Nc1ccccc1F. The zero-order valence-corrected chi connectivity index (χ0v) is 10.6. The summed E-state index contributed by atoms with van der Waals surface area (Å²) in [5.74, 6) is -0.557. The van der Waals surface area contributed by atoms with Crippen LogP contribution in [-0.2, 0) is 0 Å². The van der Waals surface area contributed by atoms with E-state index in [9.17, 15) is 9.18 Å². The first kappa shape index (κ1) is 14.0. The van der Waals surface area contributed by atoms with Crippen LogP contribution in [0, 0.1) is 5.82 Å². The second-order valence-electron chi connectivity index (χ2n) is 3.98. The molecular weight excluding hydrogens is 261 g/mol. The molecule has 104 valence electrons. The number of carbonyl (C=O) groups excluding carboxylic acids is 1. The molecule has 1 aromatic heterocycles. The predicted octanol–water partition coefficient (Wildman–Crippen LogP) is 1.69. The van der Waals surface area contributed by atoms with E-state index in [0.717, 1.165) is 0 Å². The van der Waals surface area contributed by atoms with E-state index in [1.54, 1.807) is 30.3 Å². The number of amides is 1. The highest BCUT2D eigenvalue weighted by Crippen LogP contribution is 2.20. The second-order valence-corrected chi connectivity index (χ2v) is 3.98. The summed E-state index contributed by atoms with van der Waals surface area (Å²) < 4.78 is 13.6. The summed E-state index contributed by atoms with van der Waals surface area (Å²) >= 11 is 0. The first-order valence-electron chi connectivity index (χ1n) is 6.08. The molecule has 1 amide bonds. The molecule has 0 spiro atoms. The van der Waals surface area contributed by atoms with Crippen LogP contribution in [0.5, 0.6) is 0 Å². The molecule has 0 aliphatic heterocycles. The number of aliphatic hydroxyl groups excluding tert-OH is 1.